The van der Waals surface area contributed by atoms with E-state index in [-0.39, 0.29) is 23.3 Å². The SMILES string of the molecule is CC1(NC(=O)C2CCC(C(=O)O)C2)CCCCC1. The van der Waals surface area contributed by atoms with E-state index in [9.17, 15) is 9.59 Å². The zero-order chi connectivity index (χ0) is 13.2. The van der Waals surface area contributed by atoms with Crippen LogP contribution in [0, 0.1) is 11.8 Å². The lowest BCUT2D eigenvalue weighted by molar-refractivity contribution is -0.141. The summed E-state index contributed by atoms with van der Waals surface area (Å²) in [6, 6.07) is 0. The zero-order valence-electron chi connectivity index (χ0n) is 11.1. The molecule has 4 nitrogen and oxygen atoms in total. The van der Waals surface area contributed by atoms with Gasteiger partial charge in [0.25, 0.3) is 0 Å². The van der Waals surface area contributed by atoms with E-state index in [1.165, 1.54) is 19.3 Å². The Bertz CT molecular complexity index is 334. The lowest BCUT2D eigenvalue weighted by Gasteiger charge is -2.35. The topological polar surface area (TPSA) is 66.4 Å². The van der Waals surface area contributed by atoms with Crippen molar-refractivity contribution in [2.75, 3.05) is 0 Å². The van der Waals surface area contributed by atoms with Crippen LogP contribution in [0.2, 0.25) is 0 Å². The molecule has 0 aliphatic heterocycles. The minimum absolute atomic E-state index is 0.0589. The summed E-state index contributed by atoms with van der Waals surface area (Å²) in [5.74, 6) is -1.10. The first-order valence-electron chi connectivity index (χ1n) is 7.05. The van der Waals surface area contributed by atoms with Crippen molar-refractivity contribution in [1.82, 2.24) is 5.32 Å². The average molecular weight is 253 g/mol. The molecular formula is C14H23NO3. The van der Waals surface area contributed by atoms with Crippen LogP contribution in [0.4, 0.5) is 0 Å². The molecule has 0 aromatic carbocycles. The van der Waals surface area contributed by atoms with Crippen molar-refractivity contribution >= 4 is 11.9 Å². The van der Waals surface area contributed by atoms with E-state index in [1.54, 1.807) is 0 Å². The molecule has 102 valence electrons. The van der Waals surface area contributed by atoms with Crippen LogP contribution in [0.5, 0.6) is 0 Å². The Morgan fingerprint density at radius 2 is 1.72 bits per heavy atom. The van der Waals surface area contributed by atoms with Gasteiger partial charge in [-0.2, -0.15) is 0 Å². The molecule has 2 rings (SSSR count). The number of carbonyl (C=O) groups excluding carboxylic acids is 1. The predicted molar refractivity (Wildman–Crippen MR) is 68.1 cm³/mol. The van der Waals surface area contributed by atoms with Crippen molar-refractivity contribution in [3.8, 4) is 0 Å². The molecule has 2 aliphatic rings. The second-order valence-corrected chi connectivity index (χ2v) is 6.16. The molecular weight excluding hydrogens is 230 g/mol. The number of nitrogens with one attached hydrogen (secondary N) is 1. The van der Waals surface area contributed by atoms with Crippen LogP contribution in [0.25, 0.3) is 0 Å². The van der Waals surface area contributed by atoms with Gasteiger partial charge in [0.05, 0.1) is 5.92 Å². The summed E-state index contributed by atoms with van der Waals surface area (Å²) in [5.41, 5.74) is -0.0589. The molecule has 0 radical (unpaired) electrons. The van der Waals surface area contributed by atoms with Gasteiger partial charge in [-0.3, -0.25) is 9.59 Å². The first-order valence-corrected chi connectivity index (χ1v) is 7.05. The van der Waals surface area contributed by atoms with Crippen LogP contribution in [-0.4, -0.2) is 22.5 Å². The predicted octanol–water partition coefficient (Wildman–Crippen LogP) is 2.33. The molecule has 2 saturated carbocycles. The fourth-order valence-corrected chi connectivity index (χ4v) is 3.30. The molecule has 18 heavy (non-hydrogen) atoms. The van der Waals surface area contributed by atoms with Crippen LogP contribution in [0.1, 0.15) is 58.3 Å². The first kappa shape index (κ1) is 13.4. The molecule has 2 fully saturated rings. The molecule has 0 aromatic rings. The summed E-state index contributed by atoms with van der Waals surface area (Å²) in [6.07, 6.45) is 7.59. The van der Waals surface area contributed by atoms with Crippen LogP contribution in [-0.2, 0) is 9.59 Å². The lowest BCUT2D eigenvalue weighted by atomic mass is 9.83. The maximum absolute atomic E-state index is 12.2. The molecule has 0 spiro atoms. The monoisotopic (exact) mass is 253 g/mol. The maximum Gasteiger partial charge on any atom is 0.306 e. The van der Waals surface area contributed by atoms with Gasteiger partial charge in [0.2, 0.25) is 5.91 Å². The molecule has 2 atom stereocenters. The van der Waals surface area contributed by atoms with E-state index in [2.05, 4.69) is 12.2 Å². The summed E-state index contributed by atoms with van der Waals surface area (Å²) < 4.78 is 0. The van der Waals surface area contributed by atoms with Crippen LogP contribution in [0.15, 0.2) is 0 Å². The number of carbonyl (C=O) groups is 2. The third kappa shape index (κ3) is 3.03. The van der Waals surface area contributed by atoms with Crippen molar-refractivity contribution < 1.29 is 14.7 Å². The summed E-state index contributed by atoms with van der Waals surface area (Å²) in [6.45, 7) is 2.12. The summed E-state index contributed by atoms with van der Waals surface area (Å²) in [4.78, 5) is 23.1. The second kappa shape index (κ2) is 5.29. The third-order valence-electron chi connectivity index (χ3n) is 4.53. The maximum atomic E-state index is 12.2. The van der Waals surface area contributed by atoms with Gasteiger partial charge in [-0.1, -0.05) is 19.3 Å². The third-order valence-corrected chi connectivity index (χ3v) is 4.53. The number of rotatable bonds is 3. The van der Waals surface area contributed by atoms with E-state index in [0.29, 0.717) is 12.8 Å². The van der Waals surface area contributed by atoms with Gasteiger partial charge in [-0.15, -0.1) is 0 Å². The van der Waals surface area contributed by atoms with Crippen LogP contribution >= 0.6 is 0 Å². The van der Waals surface area contributed by atoms with E-state index in [1.807, 2.05) is 0 Å². The molecule has 0 aromatic heterocycles. The van der Waals surface area contributed by atoms with Gasteiger partial charge >= 0.3 is 5.97 Å². The largest absolute Gasteiger partial charge is 0.481 e. The fourth-order valence-electron chi connectivity index (χ4n) is 3.30. The van der Waals surface area contributed by atoms with Crippen LogP contribution in [0.3, 0.4) is 0 Å². The molecule has 1 amide bonds. The number of carboxylic acid groups (broad SMARTS) is 1. The van der Waals surface area contributed by atoms with Crippen molar-refractivity contribution in [2.24, 2.45) is 11.8 Å². The fraction of sp³-hybridized carbons (Fsp3) is 0.857. The van der Waals surface area contributed by atoms with E-state index in [0.717, 1.165) is 19.3 Å². The Kier molecular flexibility index (Phi) is 3.93. The average Bonchev–Trinajstić information content (AvgIpc) is 2.78. The second-order valence-electron chi connectivity index (χ2n) is 6.16. The Balaban J connectivity index is 1.87. The Morgan fingerprint density at radius 3 is 2.28 bits per heavy atom. The van der Waals surface area contributed by atoms with E-state index in [4.69, 9.17) is 5.11 Å². The molecule has 2 N–H and O–H groups in total. The minimum Gasteiger partial charge on any atom is -0.481 e. The molecule has 0 heterocycles. The first-order chi connectivity index (χ1) is 8.50. The molecule has 0 bridgehead atoms. The van der Waals surface area contributed by atoms with Gasteiger partial charge in [0.15, 0.2) is 0 Å². The van der Waals surface area contributed by atoms with Crippen LogP contribution < -0.4 is 5.32 Å². The van der Waals surface area contributed by atoms with Crippen molar-refractivity contribution in [2.45, 2.75) is 63.8 Å². The van der Waals surface area contributed by atoms with Gasteiger partial charge < -0.3 is 10.4 Å². The summed E-state index contributed by atoms with van der Waals surface area (Å²) >= 11 is 0. The molecule has 4 heteroatoms. The Morgan fingerprint density at radius 1 is 1.11 bits per heavy atom. The standard InChI is InChI=1S/C14H23NO3/c1-14(7-3-2-4-8-14)15-12(16)10-5-6-11(9-10)13(17)18/h10-11H,2-9H2,1H3,(H,15,16)(H,17,18). The molecule has 2 unspecified atom stereocenters. The Hall–Kier alpha value is -1.06. The minimum atomic E-state index is -0.755. The molecule has 2 aliphatic carbocycles. The van der Waals surface area contributed by atoms with Gasteiger partial charge in [0, 0.05) is 11.5 Å². The van der Waals surface area contributed by atoms with E-state index < -0.39 is 5.97 Å². The number of carboxylic acids is 1. The number of hydrogen-bond acceptors (Lipinski definition) is 2. The summed E-state index contributed by atoms with van der Waals surface area (Å²) in [5, 5.41) is 12.1. The highest BCUT2D eigenvalue weighted by atomic mass is 16.4. The van der Waals surface area contributed by atoms with Gasteiger partial charge in [-0.25, -0.2) is 0 Å². The zero-order valence-corrected chi connectivity index (χ0v) is 11.1. The lowest BCUT2D eigenvalue weighted by Crippen LogP contribution is -2.49. The number of amides is 1. The highest BCUT2D eigenvalue weighted by Crippen LogP contribution is 2.33. The highest BCUT2D eigenvalue weighted by molar-refractivity contribution is 5.81. The van der Waals surface area contributed by atoms with Crippen molar-refractivity contribution in [3.05, 3.63) is 0 Å². The normalized spacial score (nSPS) is 30.9. The number of hydrogen-bond donors (Lipinski definition) is 2. The van der Waals surface area contributed by atoms with E-state index >= 15 is 0 Å². The quantitative estimate of drug-likeness (QED) is 0.811. The van der Waals surface area contributed by atoms with Crippen molar-refractivity contribution in [1.29, 1.82) is 0 Å². The van der Waals surface area contributed by atoms with Gasteiger partial charge in [0.1, 0.15) is 0 Å². The Labute approximate surface area is 108 Å². The smallest absolute Gasteiger partial charge is 0.306 e. The molecule has 0 saturated heterocycles. The van der Waals surface area contributed by atoms with Gasteiger partial charge in [-0.05, 0) is 39.0 Å². The summed E-state index contributed by atoms with van der Waals surface area (Å²) in [7, 11) is 0. The highest BCUT2D eigenvalue weighted by Gasteiger charge is 2.36. The number of aliphatic carboxylic acids is 1. The van der Waals surface area contributed by atoms with Crippen molar-refractivity contribution in [3.63, 3.8) is 0 Å².